The van der Waals surface area contributed by atoms with Gasteiger partial charge < -0.3 is 10.5 Å². The fourth-order valence-corrected chi connectivity index (χ4v) is 2.19. The molecule has 0 fully saturated rings. The summed E-state index contributed by atoms with van der Waals surface area (Å²) in [5.41, 5.74) is 9.18. The molecule has 0 saturated heterocycles. The Hall–Kier alpha value is -1.35. The number of rotatable bonds is 2. The molecule has 1 heterocycles. The summed E-state index contributed by atoms with van der Waals surface area (Å²) in [6.45, 7) is 3.75. The summed E-state index contributed by atoms with van der Waals surface area (Å²) < 4.78 is 0. The molecule has 1 aromatic carbocycles. The van der Waals surface area contributed by atoms with E-state index in [2.05, 4.69) is 17.9 Å². The van der Waals surface area contributed by atoms with Crippen molar-refractivity contribution in [2.24, 2.45) is 0 Å². The van der Waals surface area contributed by atoms with Crippen molar-refractivity contribution in [3.63, 3.8) is 0 Å². The molecule has 1 aromatic rings. The number of likely N-dealkylation sites (N-methyl/N-ethyl adjacent to an activating group) is 1. The number of hydrogen-bond acceptors (Lipinski definition) is 3. The summed E-state index contributed by atoms with van der Waals surface area (Å²) in [5.74, 6) is 0. The van der Waals surface area contributed by atoms with Crippen molar-refractivity contribution in [2.45, 2.75) is 25.9 Å². The van der Waals surface area contributed by atoms with Gasteiger partial charge in [0.05, 0.1) is 6.04 Å². The van der Waals surface area contributed by atoms with Crippen molar-refractivity contribution < 1.29 is 4.79 Å². The molecule has 1 aliphatic heterocycles. The predicted octanol–water partition coefficient (Wildman–Crippen LogP) is 1.21. The van der Waals surface area contributed by atoms with E-state index in [0.29, 0.717) is 0 Å². The summed E-state index contributed by atoms with van der Waals surface area (Å²) in [7, 11) is 0. The van der Waals surface area contributed by atoms with Crippen LogP contribution >= 0.6 is 0 Å². The van der Waals surface area contributed by atoms with E-state index in [-0.39, 0.29) is 6.04 Å². The van der Waals surface area contributed by atoms with Crippen LogP contribution in [0.4, 0.5) is 5.69 Å². The number of aldehydes is 1. The largest absolute Gasteiger partial charge is 0.398 e. The van der Waals surface area contributed by atoms with Gasteiger partial charge in [-0.1, -0.05) is 19.1 Å². The van der Waals surface area contributed by atoms with E-state index in [1.165, 1.54) is 11.1 Å². The van der Waals surface area contributed by atoms with Gasteiger partial charge in [-0.05, 0) is 30.2 Å². The zero-order valence-corrected chi connectivity index (χ0v) is 8.94. The number of benzene rings is 1. The van der Waals surface area contributed by atoms with Crippen LogP contribution in [0.2, 0.25) is 0 Å². The molecule has 0 bridgehead atoms. The number of nitrogen functional groups attached to an aromatic ring is 1. The highest BCUT2D eigenvalue weighted by Gasteiger charge is 2.25. The summed E-state index contributed by atoms with van der Waals surface area (Å²) in [4.78, 5) is 13.1. The molecule has 1 unspecified atom stereocenters. The van der Waals surface area contributed by atoms with Crippen LogP contribution in [-0.2, 0) is 17.8 Å². The van der Waals surface area contributed by atoms with Crippen molar-refractivity contribution in [3.05, 3.63) is 29.3 Å². The maximum Gasteiger partial charge on any atom is 0.137 e. The molecule has 0 saturated carbocycles. The number of carbonyl (C=O) groups is 1. The number of carbonyl (C=O) groups excluding carboxylic acids is 1. The second-order valence-electron chi connectivity index (χ2n) is 3.96. The lowest BCUT2D eigenvalue weighted by molar-refractivity contribution is -0.112. The lowest BCUT2D eigenvalue weighted by Gasteiger charge is -2.33. The van der Waals surface area contributed by atoms with Crippen LogP contribution in [-0.4, -0.2) is 23.8 Å². The molecule has 0 amide bonds. The van der Waals surface area contributed by atoms with Crippen LogP contribution in [0, 0.1) is 0 Å². The van der Waals surface area contributed by atoms with E-state index < -0.39 is 0 Å². The molecule has 0 radical (unpaired) electrons. The van der Waals surface area contributed by atoms with Crippen LogP contribution in [0.3, 0.4) is 0 Å². The van der Waals surface area contributed by atoms with Gasteiger partial charge in [0, 0.05) is 12.2 Å². The van der Waals surface area contributed by atoms with E-state index in [0.717, 1.165) is 31.5 Å². The third kappa shape index (κ3) is 1.75. The molecule has 0 aromatic heterocycles. The average molecular weight is 204 g/mol. The second kappa shape index (κ2) is 4.03. The third-order valence-corrected chi connectivity index (χ3v) is 3.13. The minimum atomic E-state index is 0.0179. The van der Waals surface area contributed by atoms with Crippen LogP contribution < -0.4 is 5.73 Å². The third-order valence-electron chi connectivity index (χ3n) is 3.13. The molecule has 2 N–H and O–H groups in total. The highest BCUT2D eigenvalue weighted by atomic mass is 16.1. The lowest BCUT2D eigenvalue weighted by Crippen LogP contribution is -2.41. The van der Waals surface area contributed by atoms with E-state index in [1.807, 2.05) is 12.1 Å². The highest BCUT2D eigenvalue weighted by Crippen LogP contribution is 2.26. The van der Waals surface area contributed by atoms with Crippen LogP contribution in [0.25, 0.3) is 0 Å². The first-order valence-corrected chi connectivity index (χ1v) is 5.31. The van der Waals surface area contributed by atoms with Gasteiger partial charge in [-0.25, -0.2) is 0 Å². The molecule has 1 atom stereocenters. The summed E-state index contributed by atoms with van der Waals surface area (Å²) in [6.07, 6.45) is 1.83. The molecule has 3 nitrogen and oxygen atoms in total. The summed E-state index contributed by atoms with van der Waals surface area (Å²) >= 11 is 0. The zero-order valence-electron chi connectivity index (χ0n) is 8.94. The molecule has 2 rings (SSSR count). The molecule has 80 valence electrons. The molecular weight excluding hydrogens is 188 g/mol. The quantitative estimate of drug-likeness (QED) is 0.582. The average Bonchev–Trinajstić information content (AvgIpc) is 2.28. The Morgan fingerprint density at radius 2 is 2.40 bits per heavy atom. The van der Waals surface area contributed by atoms with Gasteiger partial charge in [0.15, 0.2) is 0 Å². The topological polar surface area (TPSA) is 46.3 Å². The maximum atomic E-state index is 11.0. The van der Waals surface area contributed by atoms with E-state index >= 15 is 0 Å². The first-order valence-electron chi connectivity index (χ1n) is 5.31. The van der Waals surface area contributed by atoms with Crippen LogP contribution in [0.1, 0.15) is 18.1 Å². The van der Waals surface area contributed by atoms with Crippen LogP contribution in [0.15, 0.2) is 18.2 Å². The fourth-order valence-electron chi connectivity index (χ4n) is 2.19. The first kappa shape index (κ1) is 10.2. The highest BCUT2D eigenvalue weighted by molar-refractivity contribution is 5.62. The smallest absolute Gasteiger partial charge is 0.137 e. The number of fused-ring (bicyclic) bond motifs is 1. The van der Waals surface area contributed by atoms with Gasteiger partial charge in [0.2, 0.25) is 0 Å². The van der Waals surface area contributed by atoms with Crippen molar-refractivity contribution >= 4 is 12.0 Å². The van der Waals surface area contributed by atoms with E-state index in [1.54, 1.807) is 0 Å². The number of nitrogens with zero attached hydrogens (tertiary/aromatic N) is 1. The normalized spacial score (nSPS) is 21.0. The van der Waals surface area contributed by atoms with Gasteiger partial charge in [-0.2, -0.15) is 0 Å². The van der Waals surface area contributed by atoms with Gasteiger partial charge in [0.25, 0.3) is 0 Å². The number of anilines is 1. The summed E-state index contributed by atoms with van der Waals surface area (Å²) in [5, 5.41) is 0. The molecule has 3 heteroatoms. The monoisotopic (exact) mass is 204 g/mol. The Morgan fingerprint density at radius 3 is 3.07 bits per heavy atom. The summed E-state index contributed by atoms with van der Waals surface area (Å²) in [6, 6.07) is 5.96. The Labute approximate surface area is 89.9 Å². The van der Waals surface area contributed by atoms with Crippen molar-refractivity contribution in [1.82, 2.24) is 4.90 Å². The van der Waals surface area contributed by atoms with Gasteiger partial charge >= 0.3 is 0 Å². The Kier molecular flexibility index (Phi) is 2.73. The lowest BCUT2D eigenvalue weighted by atomic mass is 9.93. The minimum absolute atomic E-state index is 0.0179. The van der Waals surface area contributed by atoms with Gasteiger partial charge in [-0.3, -0.25) is 4.90 Å². The van der Waals surface area contributed by atoms with Crippen molar-refractivity contribution in [2.75, 3.05) is 12.3 Å². The Morgan fingerprint density at radius 1 is 1.60 bits per heavy atom. The van der Waals surface area contributed by atoms with E-state index in [4.69, 9.17) is 5.73 Å². The standard InChI is InChI=1S/C12H16N2O/c1-2-14-7-11-9(6-10(14)8-15)4-3-5-12(11)13/h3-5,8,10H,2,6-7,13H2,1H3. The second-order valence-corrected chi connectivity index (χ2v) is 3.96. The van der Waals surface area contributed by atoms with E-state index in [9.17, 15) is 4.79 Å². The van der Waals surface area contributed by atoms with Gasteiger partial charge in [0.1, 0.15) is 6.29 Å². The fraction of sp³-hybridized carbons (Fsp3) is 0.417. The number of nitrogens with two attached hydrogens (primary N) is 1. The molecule has 15 heavy (non-hydrogen) atoms. The van der Waals surface area contributed by atoms with Gasteiger partial charge in [-0.15, -0.1) is 0 Å². The number of hydrogen-bond donors (Lipinski definition) is 1. The Balaban J connectivity index is 2.37. The minimum Gasteiger partial charge on any atom is -0.398 e. The predicted molar refractivity (Wildman–Crippen MR) is 60.5 cm³/mol. The molecule has 0 aliphatic carbocycles. The zero-order chi connectivity index (χ0) is 10.8. The maximum absolute atomic E-state index is 11.0. The van der Waals surface area contributed by atoms with Crippen molar-refractivity contribution in [3.8, 4) is 0 Å². The first-order chi connectivity index (χ1) is 7.26. The Bertz CT molecular complexity index is 376. The molecular formula is C12H16N2O. The molecule has 0 spiro atoms. The van der Waals surface area contributed by atoms with Crippen LogP contribution in [0.5, 0.6) is 0 Å². The molecule has 1 aliphatic rings. The SMILES string of the molecule is CCN1Cc2c(N)cccc2CC1C=O. The van der Waals surface area contributed by atoms with Crippen molar-refractivity contribution in [1.29, 1.82) is 0 Å².